The molecule has 19 heavy (non-hydrogen) atoms. The molecule has 1 heterocycles. The highest BCUT2D eigenvalue weighted by atomic mass is 16.5. The standard InChI is InChI=1S/C15H27N3O/c16-15(17-12-6-2-1-3-7-12)18-10-11-19-14-9-5-4-8-13(14)18/h12-14H,1-11H2,(H2,16,17). The van der Waals surface area contributed by atoms with Crippen LogP contribution in [0.1, 0.15) is 57.8 Å². The molecule has 0 amide bonds. The molecule has 3 fully saturated rings. The lowest BCUT2D eigenvalue weighted by Gasteiger charge is -2.44. The first kappa shape index (κ1) is 13.2. The Morgan fingerprint density at radius 1 is 1.00 bits per heavy atom. The van der Waals surface area contributed by atoms with Crippen molar-refractivity contribution in [2.45, 2.75) is 76.0 Å². The van der Waals surface area contributed by atoms with Gasteiger partial charge in [-0.3, -0.25) is 0 Å². The predicted molar refractivity (Wildman–Crippen MR) is 77.2 cm³/mol. The number of aliphatic imine (C=N–C) groups is 1. The minimum Gasteiger partial charge on any atom is -0.374 e. The Hall–Kier alpha value is -0.770. The SMILES string of the molecule is NC(=NC1CCCCC1)N1CCOC2CCCCC21. The van der Waals surface area contributed by atoms with Crippen molar-refractivity contribution in [3.63, 3.8) is 0 Å². The van der Waals surface area contributed by atoms with E-state index in [9.17, 15) is 0 Å². The van der Waals surface area contributed by atoms with E-state index < -0.39 is 0 Å². The zero-order valence-corrected chi connectivity index (χ0v) is 11.9. The predicted octanol–water partition coefficient (Wildman–Crippen LogP) is 2.28. The Labute approximate surface area is 116 Å². The first-order valence-electron chi connectivity index (χ1n) is 8.06. The maximum absolute atomic E-state index is 6.31. The van der Waals surface area contributed by atoms with Gasteiger partial charge in [0.05, 0.1) is 24.8 Å². The van der Waals surface area contributed by atoms with Gasteiger partial charge in [0.15, 0.2) is 5.96 Å². The van der Waals surface area contributed by atoms with Crippen LogP contribution in [0.5, 0.6) is 0 Å². The van der Waals surface area contributed by atoms with Gasteiger partial charge >= 0.3 is 0 Å². The van der Waals surface area contributed by atoms with Crippen LogP contribution in [0.3, 0.4) is 0 Å². The van der Waals surface area contributed by atoms with Gasteiger partial charge in [-0.15, -0.1) is 0 Å². The molecule has 2 aliphatic carbocycles. The van der Waals surface area contributed by atoms with E-state index in [0.29, 0.717) is 18.2 Å². The summed E-state index contributed by atoms with van der Waals surface area (Å²) in [6.07, 6.45) is 11.8. The lowest BCUT2D eigenvalue weighted by molar-refractivity contribution is -0.0642. The van der Waals surface area contributed by atoms with Gasteiger partial charge in [0.1, 0.15) is 0 Å². The second kappa shape index (κ2) is 6.12. The summed E-state index contributed by atoms with van der Waals surface area (Å²) in [6, 6.07) is 0.952. The van der Waals surface area contributed by atoms with Crippen LogP contribution in [0, 0.1) is 0 Å². The maximum Gasteiger partial charge on any atom is 0.191 e. The maximum atomic E-state index is 6.31. The quantitative estimate of drug-likeness (QED) is 0.584. The van der Waals surface area contributed by atoms with Crippen molar-refractivity contribution < 1.29 is 4.74 Å². The number of ether oxygens (including phenoxy) is 1. The third-order valence-electron chi connectivity index (χ3n) is 4.92. The minimum absolute atomic E-state index is 0.391. The van der Waals surface area contributed by atoms with Gasteiger partial charge in [0, 0.05) is 6.54 Å². The summed E-state index contributed by atoms with van der Waals surface area (Å²) in [5, 5.41) is 0. The van der Waals surface area contributed by atoms with E-state index in [4.69, 9.17) is 15.5 Å². The van der Waals surface area contributed by atoms with E-state index in [2.05, 4.69) is 4.90 Å². The van der Waals surface area contributed by atoms with Crippen LogP contribution in [-0.4, -0.2) is 42.2 Å². The third-order valence-corrected chi connectivity index (χ3v) is 4.92. The smallest absolute Gasteiger partial charge is 0.191 e. The molecule has 0 bridgehead atoms. The van der Waals surface area contributed by atoms with Crippen LogP contribution in [0.25, 0.3) is 0 Å². The van der Waals surface area contributed by atoms with Gasteiger partial charge in [0.25, 0.3) is 0 Å². The summed E-state index contributed by atoms with van der Waals surface area (Å²) in [5.74, 6) is 0.784. The number of hydrogen-bond donors (Lipinski definition) is 1. The molecule has 4 heteroatoms. The summed E-state index contributed by atoms with van der Waals surface area (Å²) in [6.45, 7) is 1.73. The van der Waals surface area contributed by atoms with Gasteiger partial charge in [-0.25, -0.2) is 4.99 Å². The molecule has 2 atom stereocenters. The van der Waals surface area contributed by atoms with E-state index in [-0.39, 0.29) is 0 Å². The number of hydrogen-bond acceptors (Lipinski definition) is 2. The first-order valence-corrected chi connectivity index (χ1v) is 8.06. The monoisotopic (exact) mass is 265 g/mol. The third kappa shape index (κ3) is 3.04. The van der Waals surface area contributed by atoms with E-state index in [1.807, 2.05) is 0 Å². The average molecular weight is 265 g/mol. The highest BCUT2D eigenvalue weighted by Crippen LogP contribution is 2.28. The Morgan fingerprint density at radius 2 is 1.74 bits per heavy atom. The molecule has 0 radical (unpaired) electrons. The summed E-state index contributed by atoms with van der Waals surface area (Å²) < 4.78 is 5.90. The fraction of sp³-hybridized carbons (Fsp3) is 0.933. The van der Waals surface area contributed by atoms with Crippen molar-refractivity contribution >= 4 is 5.96 Å². The fourth-order valence-corrected chi connectivity index (χ4v) is 3.85. The number of morpholine rings is 1. The molecule has 2 N–H and O–H groups in total. The van der Waals surface area contributed by atoms with Gasteiger partial charge in [-0.2, -0.15) is 0 Å². The highest BCUT2D eigenvalue weighted by molar-refractivity contribution is 5.78. The lowest BCUT2D eigenvalue weighted by atomic mass is 9.90. The Balaban J connectivity index is 1.66. The first-order chi connectivity index (χ1) is 9.34. The van der Waals surface area contributed by atoms with Crippen LogP contribution in [-0.2, 0) is 4.74 Å². The lowest BCUT2D eigenvalue weighted by Crippen LogP contribution is -2.57. The number of fused-ring (bicyclic) bond motifs is 1. The van der Waals surface area contributed by atoms with Crippen LogP contribution >= 0.6 is 0 Å². The van der Waals surface area contributed by atoms with Gasteiger partial charge in [-0.1, -0.05) is 32.1 Å². The summed E-state index contributed by atoms with van der Waals surface area (Å²) >= 11 is 0. The Morgan fingerprint density at radius 3 is 2.58 bits per heavy atom. The van der Waals surface area contributed by atoms with E-state index in [1.54, 1.807) is 0 Å². The van der Waals surface area contributed by atoms with Crippen LogP contribution in [0.4, 0.5) is 0 Å². The second-order valence-corrected chi connectivity index (χ2v) is 6.23. The molecule has 0 aromatic rings. The van der Waals surface area contributed by atoms with E-state index in [0.717, 1.165) is 19.1 Å². The van der Waals surface area contributed by atoms with Gasteiger partial charge in [-0.05, 0) is 25.7 Å². The molecule has 0 aromatic heterocycles. The molecule has 108 valence electrons. The van der Waals surface area contributed by atoms with Crippen molar-refractivity contribution in [1.82, 2.24) is 4.90 Å². The number of rotatable bonds is 1. The second-order valence-electron chi connectivity index (χ2n) is 6.23. The highest BCUT2D eigenvalue weighted by Gasteiger charge is 2.35. The zero-order chi connectivity index (χ0) is 13.1. The number of guanidine groups is 1. The summed E-state index contributed by atoms with van der Waals surface area (Å²) in [5.41, 5.74) is 6.31. The van der Waals surface area contributed by atoms with Crippen molar-refractivity contribution in [3.8, 4) is 0 Å². The van der Waals surface area contributed by atoms with Crippen molar-refractivity contribution in [3.05, 3.63) is 0 Å². The van der Waals surface area contributed by atoms with Gasteiger partial charge in [0.2, 0.25) is 0 Å². The van der Waals surface area contributed by atoms with E-state index >= 15 is 0 Å². The molecule has 3 aliphatic rings. The molecule has 2 saturated carbocycles. The van der Waals surface area contributed by atoms with Crippen molar-refractivity contribution in [1.29, 1.82) is 0 Å². The molecule has 2 unspecified atom stereocenters. The number of nitrogens with two attached hydrogens (primary N) is 1. The summed E-state index contributed by atoms with van der Waals surface area (Å²) in [4.78, 5) is 7.15. The Bertz CT molecular complexity index is 323. The van der Waals surface area contributed by atoms with Crippen LogP contribution < -0.4 is 5.73 Å². The van der Waals surface area contributed by atoms with Crippen LogP contribution in [0.15, 0.2) is 4.99 Å². The van der Waals surface area contributed by atoms with Crippen molar-refractivity contribution in [2.24, 2.45) is 10.7 Å². The molecule has 0 spiro atoms. The molecule has 0 aromatic carbocycles. The topological polar surface area (TPSA) is 50.8 Å². The van der Waals surface area contributed by atoms with Crippen LogP contribution in [0.2, 0.25) is 0 Å². The van der Waals surface area contributed by atoms with Crippen molar-refractivity contribution in [2.75, 3.05) is 13.2 Å². The zero-order valence-electron chi connectivity index (χ0n) is 11.9. The molecular weight excluding hydrogens is 238 g/mol. The normalized spacial score (nSPS) is 34.1. The molecule has 3 rings (SSSR count). The molecule has 1 saturated heterocycles. The number of nitrogens with zero attached hydrogens (tertiary/aromatic N) is 2. The fourth-order valence-electron chi connectivity index (χ4n) is 3.85. The molecule has 4 nitrogen and oxygen atoms in total. The average Bonchev–Trinajstić information content (AvgIpc) is 2.47. The Kier molecular flexibility index (Phi) is 4.26. The molecular formula is C15H27N3O. The summed E-state index contributed by atoms with van der Waals surface area (Å²) in [7, 11) is 0. The minimum atomic E-state index is 0.391. The largest absolute Gasteiger partial charge is 0.374 e. The van der Waals surface area contributed by atoms with Gasteiger partial charge < -0.3 is 15.4 Å². The van der Waals surface area contributed by atoms with E-state index in [1.165, 1.54) is 57.8 Å². The molecule has 1 aliphatic heterocycles.